The number of hydrogen-bond donors (Lipinski definition) is 2. The fourth-order valence-corrected chi connectivity index (χ4v) is 4.07. The summed E-state index contributed by atoms with van der Waals surface area (Å²) in [6.45, 7) is 4.74. The average Bonchev–Trinajstić information content (AvgIpc) is 2.90. The lowest BCUT2D eigenvalue weighted by Crippen LogP contribution is -2.46. The molecule has 3 aromatic rings. The Bertz CT molecular complexity index is 1090. The number of carbonyl (C=O) groups is 1. The van der Waals surface area contributed by atoms with Gasteiger partial charge in [-0.15, -0.1) is 0 Å². The van der Waals surface area contributed by atoms with Crippen LogP contribution in [0, 0.1) is 0 Å². The van der Waals surface area contributed by atoms with Crippen LogP contribution in [0.5, 0.6) is 17.2 Å². The third kappa shape index (κ3) is 6.13. The van der Waals surface area contributed by atoms with Gasteiger partial charge in [0.25, 0.3) is 0 Å². The van der Waals surface area contributed by atoms with Gasteiger partial charge in [-0.2, -0.15) is 0 Å². The maximum atomic E-state index is 12.5. The van der Waals surface area contributed by atoms with Crippen molar-refractivity contribution in [1.29, 1.82) is 0 Å². The SMILES string of the molecule is COc1cc(NC(=O)Nc2ccc(CN3CCN(c4ccccn4)CC3)cc2)cc(OC)c1OC. The van der Waals surface area contributed by atoms with E-state index in [-0.39, 0.29) is 6.03 Å². The predicted octanol–water partition coefficient (Wildman–Crippen LogP) is 4.07. The highest BCUT2D eigenvalue weighted by Crippen LogP contribution is 2.39. The van der Waals surface area contributed by atoms with Crippen molar-refractivity contribution in [2.24, 2.45) is 0 Å². The van der Waals surface area contributed by atoms with Gasteiger partial charge in [0.15, 0.2) is 11.5 Å². The van der Waals surface area contributed by atoms with Gasteiger partial charge in [-0.05, 0) is 29.8 Å². The number of nitrogens with zero attached hydrogens (tertiary/aromatic N) is 3. The van der Waals surface area contributed by atoms with Crippen LogP contribution in [0.4, 0.5) is 22.0 Å². The minimum absolute atomic E-state index is 0.363. The molecule has 0 radical (unpaired) electrons. The number of urea groups is 1. The number of pyridine rings is 1. The van der Waals surface area contributed by atoms with Crippen LogP contribution in [0.2, 0.25) is 0 Å². The highest BCUT2D eigenvalue weighted by atomic mass is 16.5. The molecule has 0 saturated carbocycles. The quantitative estimate of drug-likeness (QED) is 0.506. The molecule has 0 unspecified atom stereocenters. The van der Waals surface area contributed by atoms with Gasteiger partial charge in [-0.25, -0.2) is 9.78 Å². The van der Waals surface area contributed by atoms with Crippen molar-refractivity contribution >= 4 is 23.2 Å². The topological polar surface area (TPSA) is 88.2 Å². The smallest absolute Gasteiger partial charge is 0.323 e. The van der Waals surface area contributed by atoms with Crippen LogP contribution in [0.3, 0.4) is 0 Å². The molecule has 2 N–H and O–H groups in total. The van der Waals surface area contributed by atoms with Crippen molar-refractivity contribution in [3.05, 3.63) is 66.4 Å². The zero-order chi connectivity index (χ0) is 24.6. The van der Waals surface area contributed by atoms with Gasteiger partial charge in [0.05, 0.1) is 27.0 Å². The molecule has 184 valence electrons. The molecule has 2 aromatic carbocycles. The van der Waals surface area contributed by atoms with Crippen LogP contribution >= 0.6 is 0 Å². The van der Waals surface area contributed by atoms with E-state index in [0.717, 1.165) is 38.5 Å². The van der Waals surface area contributed by atoms with Crippen LogP contribution in [-0.4, -0.2) is 63.4 Å². The van der Waals surface area contributed by atoms with Gasteiger partial charge in [-0.1, -0.05) is 18.2 Å². The van der Waals surface area contributed by atoms with Crippen molar-refractivity contribution < 1.29 is 19.0 Å². The first-order valence-electron chi connectivity index (χ1n) is 11.4. The molecule has 0 spiro atoms. The molecule has 0 atom stereocenters. The van der Waals surface area contributed by atoms with E-state index < -0.39 is 0 Å². The van der Waals surface area contributed by atoms with Gasteiger partial charge >= 0.3 is 6.03 Å². The predicted molar refractivity (Wildman–Crippen MR) is 137 cm³/mol. The number of methoxy groups -OCH3 is 3. The number of rotatable bonds is 8. The summed E-state index contributed by atoms with van der Waals surface area (Å²) >= 11 is 0. The van der Waals surface area contributed by atoms with Crippen LogP contribution in [0.25, 0.3) is 0 Å². The van der Waals surface area contributed by atoms with Crippen molar-refractivity contribution in [1.82, 2.24) is 9.88 Å². The molecule has 1 aromatic heterocycles. The second-order valence-corrected chi connectivity index (χ2v) is 8.14. The van der Waals surface area contributed by atoms with E-state index in [9.17, 15) is 4.79 Å². The summed E-state index contributed by atoms with van der Waals surface area (Å²) in [6, 6.07) is 16.9. The fraction of sp³-hybridized carbons (Fsp3) is 0.308. The Morgan fingerprint density at radius 1 is 0.857 bits per heavy atom. The highest BCUT2D eigenvalue weighted by Gasteiger charge is 2.18. The van der Waals surface area contributed by atoms with E-state index in [0.29, 0.717) is 28.6 Å². The Morgan fingerprint density at radius 3 is 2.09 bits per heavy atom. The van der Waals surface area contributed by atoms with Crippen molar-refractivity contribution in [3.63, 3.8) is 0 Å². The second-order valence-electron chi connectivity index (χ2n) is 8.14. The number of ether oxygens (including phenoxy) is 3. The molecule has 1 fully saturated rings. The molecule has 2 amide bonds. The summed E-state index contributed by atoms with van der Waals surface area (Å²) in [5.41, 5.74) is 2.43. The van der Waals surface area contributed by atoms with Crippen LogP contribution in [0.15, 0.2) is 60.8 Å². The first kappa shape index (κ1) is 24.2. The number of hydrogen-bond acceptors (Lipinski definition) is 7. The average molecular weight is 478 g/mol. The number of piperazine rings is 1. The van der Waals surface area contributed by atoms with E-state index >= 15 is 0 Å². The summed E-state index contributed by atoms with van der Waals surface area (Å²) in [4.78, 5) is 21.7. The van der Waals surface area contributed by atoms with E-state index in [1.165, 1.54) is 26.9 Å². The summed E-state index contributed by atoms with van der Waals surface area (Å²) in [5.74, 6) is 2.43. The number of nitrogens with one attached hydrogen (secondary N) is 2. The Balaban J connectivity index is 1.29. The van der Waals surface area contributed by atoms with Gasteiger partial charge in [0.2, 0.25) is 5.75 Å². The molecule has 1 aliphatic heterocycles. The van der Waals surface area contributed by atoms with Crippen molar-refractivity contribution in [2.75, 3.05) is 63.0 Å². The Labute approximate surface area is 205 Å². The number of benzene rings is 2. The molecule has 9 nitrogen and oxygen atoms in total. The van der Waals surface area contributed by atoms with E-state index in [1.54, 1.807) is 12.1 Å². The number of aromatic nitrogens is 1. The number of amides is 2. The highest BCUT2D eigenvalue weighted by molar-refractivity contribution is 6.00. The first-order valence-corrected chi connectivity index (χ1v) is 11.4. The molecule has 9 heteroatoms. The molecule has 2 heterocycles. The maximum Gasteiger partial charge on any atom is 0.323 e. The fourth-order valence-electron chi connectivity index (χ4n) is 4.07. The lowest BCUT2D eigenvalue weighted by atomic mass is 10.1. The minimum Gasteiger partial charge on any atom is -0.493 e. The van der Waals surface area contributed by atoms with Crippen LogP contribution in [0.1, 0.15) is 5.56 Å². The molecule has 1 aliphatic rings. The summed E-state index contributed by atoms with van der Waals surface area (Å²) < 4.78 is 16.0. The van der Waals surface area contributed by atoms with Crippen LogP contribution in [-0.2, 0) is 6.54 Å². The zero-order valence-corrected chi connectivity index (χ0v) is 20.3. The van der Waals surface area contributed by atoms with Gasteiger partial charge in [-0.3, -0.25) is 4.90 Å². The van der Waals surface area contributed by atoms with Gasteiger partial charge in [0.1, 0.15) is 5.82 Å². The van der Waals surface area contributed by atoms with Crippen molar-refractivity contribution in [2.45, 2.75) is 6.54 Å². The monoisotopic (exact) mass is 477 g/mol. The lowest BCUT2D eigenvalue weighted by Gasteiger charge is -2.35. The molecule has 35 heavy (non-hydrogen) atoms. The number of carbonyl (C=O) groups excluding carboxylic acids is 1. The Hall–Kier alpha value is -3.98. The third-order valence-electron chi connectivity index (χ3n) is 5.89. The Kier molecular flexibility index (Phi) is 7.89. The van der Waals surface area contributed by atoms with Crippen LogP contribution < -0.4 is 29.7 Å². The van der Waals surface area contributed by atoms with Gasteiger partial charge in [0, 0.05) is 56.7 Å². The van der Waals surface area contributed by atoms with E-state index in [4.69, 9.17) is 14.2 Å². The summed E-state index contributed by atoms with van der Waals surface area (Å²) in [6.07, 6.45) is 1.84. The van der Waals surface area contributed by atoms with Crippen molar-refractivity contribution in [3.8, 4) is 17.2 Å². The first-order chi connectivity index (χ1) is 17.1. The summed E-state index contributed by atoms with van der Waals surface area (Å²) in [7, 11) is 4.60. The molecular formula is C26H31N5O4. The molecular weight excluding hydrogens is 446 g/mol. The molecule has 0 bridgehead atoms. The number of anilines is 3. The third-order valence-corrected chi connectivity index (χ3v) is 5.89. The normalized spacial score (nSPS) is 13.7. The van der Waals surface area contributed by atoms with E-state index in [2.05, 4.69) is 31.5 Å². The largest absolute Gasteiger partial charge is 0.493 e. The lowest BCUT2D eigenvalue weighted by molar-refractivity contribution is 0.249. The minimum atomic E-state index is -0.363. The standard InChI is InChI=1S/C26H31N5O4/c1-33-22-16-21(17-23(34-2)25(22)35-3)29-26(32)28-20-9-7-19(8-10-20)18-30-12-14-31(15-13-30)24-6-4-5-11-27-24/h4-11,16-17H,12-15,18H2,1-3H3,(H2,28,29,32). The zero-order valence-electron chi connectivity index (χ0n) is 20.3. The molecule has 0 aliphatic carbocycles. The Morgan fingerprint density at radius 2 is 1.51 bits per heavy atom. The van der Waals surface area contributed by atoms with Gasteiger partial charge < -0.3 is 29.7 Å². The summed E-state index contributed by atoms with van der Waals surface area (Å²) in [5, 5.41) is 5.66. The second kappa shape index (κ2) is 11.4. The van der Waals surface area contributed by atoms with E-state index in [1.807, 2.05) is 42.6 Å². The molecule has 1 saturated heterocycles. The molecule has 4 rings (SSSR count). The maximum absolute atomic E-state index is 12.5.